The third-order valence-corrected chi connectivity index (χ3v) is 11.4. The van der Waals surface area contributed by atoms with Crippen LogP contribution in [0.3, 0.4) is 0 Å². The molecule has 1 saturated heterocycles. The molecule has 1 fully saturated rings. The van der Waals surface area contributed by atoms with Crippen LogP contribution in [0.4, 0.5) is 5.13 Å². The van der Waals surface area contributed by atoms with E-state index in [4.69, 9.17) is 9.15 Å². The molecule has 3 amide bonds. The Morgan fingerprint density at radius 3 is 2.56 bits per heavy atom. The summed E-state index contributed by atoms with van der Waals surface area (Å²) >= 11 is 4.33. The van der Waals surface area contributed by atoms with Crippen molar-refractivity contribution in [1.29, 1.82) is 5.26 Å². The number of carbonyl (C=O) groups is 3. The number of ether oxygens (including phenoxy) is 1. The Morgan fingerprint density at radius 2 is 1.92 bits per heavy atom. The molecule has 3 aromatic heterocycles. The van der Waals surface area contributed by atoms with Crippen LogP contribution in [0.2, 0.25) is 0 Å². The van der Waals surface area contributed by atoms with Gasteiger partial charge in [-0.05, 0) is 43.0 Å². The fourth-order valence-corrected chi connectivity index (χ4v) is 7.92. The zero-order valence-corrected chi connectivity index (χ0v) is 32.4. The van der Waals surface area contributed by atoms with Gasteiger partial charge in [-0.1, -0.05) is 57.6 Å². The van der Waals surface area contributed by atoms with E-state index in [9.17, 15) is 19.6 Å². The number of piperidine rings is 1. The molecular weight excluding hydrogens is 719 g/mol. The maximum atomic E-state index is 13.2. The number of nitriles is 1. The Hall–Kier alpha value is -4.52. The summed E-state index contributed by atoms with van der Waals surface area (Å²) in [5.41, 5.74) is 0.828. The van der Waals surface area contributed by atoms with Gasteiger partial charge in [0.1, 0.15) is 28.2 Å². The molecule has 0 bridgehead atoms. The maximum absolute atomic E-state index is 13.2. The molecule has 0 radical (unpaired) electrons. The van der Waals surface area contributed by atoms with Crippen LogP contribution in [-0.4, -0.2) is 69.2 Å². The highest BCUT2D eigenvalue weighted by Gasteiger charge is 2.29. The maximum Gasteiger partial charge on any atom is 0.264 e. The van der Waals surface area contributed by atoms with Crippen LogP contribution < -0.4 is 10.1 Å². The molecule has 1 unspecified atom stereocenters. The van der Waals surface area contributed by atoms with Gasteiger partial charge in [0.15, 0.2) is 11.7 Å². The molecule has 5 rings (SSSR count). The van der Waals surface area contributed by atoms with Crippen molar-refractivity contribution in [2.24, 2.45) is 5.92 Å². The molecule has 0 spiro atoms. The molecule has 4 heterocycles. The summed E-state index contributed by atoms with van der Waals surface area (Å²) in [4.78, 5) is 55.4. The van der Waals surface area contributed by atoms with Gasteiger partial charge in [0, 0.05) is 43.0 Å². The van der Waals surface area contributed by atoms with E-state index in [1.54, 1.807) is 64.7 Å². The van der Waals surface area contributed by atoms with Gasteiger partial charge in [-0.3, -0.25) is 14.4 Å². The van der Waals surface area contributed by atoms with Gasteiger partial charge in [-0.2, -0.15) is 5.26 Å². The monoisotopic (exact) mass is 761 g/mol. The first-order valence-corrected chi connectivity index (χ1v) is 19.8. The first kappa shape index (κ1) is 38.7. The number of likely N-dealkylation sites (N-methyl/N-ethyl adjacent to an activating group) is 1. The highest BCUT2D eigenvalue weighted by molar-refractivity contribution is 8.00. The van der Waals surface area contributed by atoms with Gasteiger partial charge in [0.2, 0.25) is 11.8 Å². The number of rotatable bonds is 14. The standard InChI is InChI=1S/C37H43N7O5S3/c1-6-7-28(43(5)35(47)26(19-38)18-31-39-14-17-50-31)24-8-10-27(11-9-24)48-22-32(45)44-15-12-25(13-16-44)34(46)42-36-41-21-33(52-36)51-23-30-40-20-29(49-30)37(2,3)4/h8-11,14,17-18,20-21,25,28H,6-7,12-13,15-16,22-23H2,1-5H3,(H,41,42,46)/b26-18+. The van der Waals surface area contributed by atoms with Crippen LogP contribution in [0, 0.1) is 17.2 Å². The largest absolute Gasteiger partial charge is 0.484 e. The van der Waals surface area contributed by atoms with Crippen LogP contribution in [0.1, 0.15) is 81.6 Å². The number of thiazole rings is 2. The van der Waals surface area contributed by atoms with Gasteiger partial charge in [0.05, 0.1) is 28.4 Å². The summed E-state index contributed by atoms with van der Waals surface area (Å²) in [5, 5.41) is 15.5. The number of nitrogens with zero attached hydrogens (tertiary/aromatic N) is 6. The first-order chi connectivity index (χ1) is 24.9. The van der Waals surface area contributed by atoms with Crippen molar-refractivity contribution in [3.05, 3.63) is 76.0 Å². The van der Waals surface area contributed by atoms with Crippen molar-refractivity contribution in [2.75, 3.05) is 32.1 Å². The van der Waals surface area contributed by atoms with Crippen LogP contribution in [0.25, 0.3) is 6.08 Å². The third kappa shape index (κ3) is 10.3. The van der Waals surface area contributed by atoms with Crippen LogP contribution in [0.5, 0.6) is 5.75 Å². The minimum absolute atomic E-state index is 0.0275. The number of nitrogens with one attached hydrogen (secondary N) is 1. The van der Waals surface area contributed by atoms with Gasteiger partial charge in [0.25, 0.3) is 11.8 Å². The van der Waals surface area contributed by atoms with Crippen LogP contribution >= 0.6 is 34.4 Å². The summed E-state index contributed by atoms with van der Waals surface area (Å²) in [6.07, 6.45) is 9.30. The van der Waals surface area contributed by atoms with E-state index in [2.05, 4.69) is 41.0 Å². The van der Waals surface area contributed by atoms with Gasteiger partial charge in [-0.25, -0.2) is 15.0 Å². The zero-order chi connectivity index (χ0) is 37.3. The molecule has 1 aromatic carbocycles. The summed E-state index contributed by atoms with van der Waals surface area (Å²) in [7, 11) is 1.70. The second-order valence-corrected chi connectivity index (χ2v) is 16.6. The van der Waals surface area contributed by atoms with E-state index in [1.165, 1.54) is 28.7 Å². The number of amides is 3. The topological polar surface area (TPSA) is 155 Å². The Bertz CT molecular complexity index is 1880. The molecule has 274 valence electrons. The molecule has 1 atom stereocenters. The van der Waals surface area contributed by atoms with E-state index in [1.807, 2.05) is 25.1 Å². The molecule has 1 aliphatic rings. The molecule has 15 heteroatoms. The number of oxazole rings is 1. The van der Waals surface area contributed by atoms with Crippen LogP contribution in [-0.2, 0) is 25.6 Å². The van der Waals surface area contributed by atoms with Crippen molar-refractivity contribution in [2.45, 2.75) is 74.8 Å². The highest BCUT2D eigenvalue weighted by Crippen LogP contribution is 2.33. The molecule has 12 nitrogen and oxygen atoms in total. The summed E-state index contributed by atoms with van der Waals surface area (Å²) in [6, 6.07) is 9.11. The number of hydrogen-bond donors (Lipinski definition) is 1. The predicted molar refractivity (Wildman–Crippen MR) is 203 cm³/mol. The Morgan fingerprint density at radius 1 is 1.17 bits per heavy atom. The molecule has 0 aliphatic carbocycles. The fraction of sp³-hybridized carbons (Fsp3) is 0.432. The summed E-state index contributed by atoms with van der Waals surface area (Å²) in [6.45, 7) is 9.09. The van der Waals surface area contributed by atoms with E-state index in [0.29, 0.717) is 59.9 Å². The molecule has 4 aromatic rings. The first-order valence-electron chi connectivity index (χ1n) is 17.1. The van der Waals surface area contributed by atoms with Crippen molar-refractivity contribution in [3.8, 4) is 11.8 Å². The molecule has 1 N–H and O–H groups in total. The fourth-order valence-electron chi connectivity index (χ4n) is 5.62. The Labute approximate surface area is 316 Å². The number of carbonyl (C=O) groups excluding carboxylic acids is 3. The van der Waals surface area contributed by atoms with E-state index in [0.717, 1.165) is 22.0 Å². The average Bonchev–Trinajstić information content (AvgIpc) is 3.94. The lowest BCUT2D eigenvalue weighted by Crippen LogP contribution is -2.43. The number of aromatic nitrogens is 3. The predicted octanol–water partition coefficient (Wildman–Crippen LogP) is 7.34. The molecule has 52 heavy (non-hydrogen) atoms. The lowest BCUT2D eigenvalue weighted by molar-refractivity contribution is -0.136. The molecule has 0 saturated carbocycles. The quantitative estimate of drug-likeness (QED) is 0.0784. The van der Waals surface area contributed by atoms with Crippen molar-refractivity contribution in [3.63, 3.8) is 0 Å². The number of benzene rings is 1. The molecule has 1 aliphatic heterocycles. The van der Waals surface area contributed by atoms with Crippen LogP contribution in [0.15, 0.2) is 62.4 Å². The average molecular weight is 762 g/mol. The second-order valence-electron chi connectivity index (χ2n) is 13.4. The minimum Gasteiger partial charge on any atom is -0.484 e. The van der Waals surface area contributed by atoms with Gasteiger partial charge < -0.3 is 24.3 Å². The number of anilines is 1. The van der Waals surface area contributed by atoms with Gasteiger partial charge >= 0.3 is 0 Å². The third-order valence-electron chi connectivity index (χ3n) is 8.61. The normalized spacial score (nSPS) is 14.5. The number of likely N-dealkylation sites (tertiary alicyclic amines) is 1. The van der Waals surface area contributed by atoms with Crippen molar-refractivity contribution >= 4 is 63.4 Å². The van der Waals surface area contributed by atoms with Gasteiger partial charge in [-0.15, -0.1) is 23.1 Å². The lowest BCUT2D eigenvalue weighted by Gasteiger charge is -2.31. The summed E-state index contributed by atoms with van der Waals surface area (Å²) in [5.74, 6) is 1.79. The van der Waals surface area contributed by atoms with E-state index in [-0.39, 0.29) is 47.3 Å². The van der Waals surface area contributed by atoms with E-state index < -0.39 is 0 Å². The highest BCUT2D eigenvalue weighted by atomic mass is 32.2. The zero-order valence-electron chi connectivity index (χ0n) is 30.0. The molecular formula is C37H43N7O5S3. The smallest absolute Gasteiger partial charge is 0.264 e. The van der Waals surface area contributed by atoms with E-state index >= 15 is 0 Å². The number of thioether (sulfide) groups is 1. The second kappa shape index (κ2) is 17.8. The number of hydrogen-bond acceptors (Lipinski definition) is 12. The summed E-state index contributed by atoms with van der Waals surface area (Å²) < 4.78 is 12.6. The lowest BCUT2D eigenvalue weighted by atomic mass is 9.94. The van der Waals surface area contributed by atoms with Crippen molar-refractivity contribution in [1.82, 2.24) is 24.8 Å². The SMILES string of the molecule is CCCC(c1ccc(OCC(=O)N2CCC(C(=O)Nc3ncc(SCc4ncc(C(C)(C)C)o4)s3)CC2)cc1)N(C)C(=O)/C(C#N)=C/c1nccs1. The Balaban J connectivity index is 1.05. The Kier molecular flexibility index (Phi) is 13.3. The van der Waals surface area contributed by atoms with Crippen molar-refractivity contribution < 1.29 is 23.5 Å². The minimum atomic E-state index is -0.371.